The van der Waals surface area contributed by atoms with Crippen LogP contribution in [0, 0.1) is 5.82 Å². The summed E-state index contributed by atoms with van der Waals surface area (Å²) in [6.45, 7) is 8.15. The molecule has 1 N–H and O–H groups in total. The van der Waals surface area contributed by atoms with Gasteiger partial charge in [-0.25, -0.2) is 9.18 Å². The fraction of sp³-hybridized carbons (Fsp3) is 0.640. The average Bonchev–Trinajstić information content (AvgIpc) is 3.00. The second-order valence-corrected chi connectivity index (χ2v) is 9.74. The summed E-state index contributed by atoms with van der Waals surface area (Å²) in [5, 5.41) is 2.89. The zero-order valence-electron chi connectivity index (χ0n) is 20.5. The number of carbonyl (C=O) groups excluding carboxylic acids is 3. The molecule has 2 aliphatic heterocycles. The van der Waals surface area contributed by atoms with E-state index in [9.17, 15) is 18.8 Å². The standard InChI is InChI=1S/C25H36FN5O3/c1-4-29-12-14-30(15-13-29)21-9-8-19(26)16-20(21)18(2)27-22(32)17-31-23(33)25(28(3)24(31)34)10-6-5-7-11-25/h8-9,16,18H,4-7,10-15,17H2,1-3H3,(H,27,32). The lowest BCUT2D eigenvalue weighted by molar-refractivity contribution is -0.137. The topological polar surface area (TPSA) is 76.2 Å². The molecule has 0 bridgehead atoms. The average molecular weight is 474 g/mol. The SMILES string of the molecule is CCN1CCN(c2ccc(F)cc2C(C)NC(=O)CN2C(=O)N(C)C3(CCCCC3)C2=O)CC1. The van der Waals surface area contributed by atoms with Crippen LogP contribution in [0.4, 0.5) is 14.9 Å². The number of imide groups is 1. The summed E-state index contributed by atoms with van der Waals surface area (Å²) in [6.07, 6.45) is 4.13. The van der Waals surface area contributed by atoms with Gasteiger partial charge in [-0.05, 0) is 44.5 Å². The van der Waals surface area contributed by atoms with E-state index in [1.165, 1.54) is 17.0 Å². The van der Waals surface area contributed by atoms with Crippen molar-refractivity contribution in [2.24, 2.45) is 0 Å². The Morgan fingerprint density at radius 1 is 1.12 bits per heavy atom. The van der Waals surface area contributed by atoms with Crippen LogP contribution in [-0.2, 0) is 9.59 Å². The third-order valence-corrected chi connectivity index (χ3v) is 7.78. The molecule has 1 spiro atoms. The summed E-state index contributed by atoms with van der Waals surface area (Å²) in [7, 11) is 1.66. The maximum absolute atomic E-state index is 14.2. The number of nitrogens with zero attached hydrogens (tertiary/aromatic N) is 4. The molecule has 0 aromatic heterocycles. The molecule has 1 unspecified atom stereocenters. The minimum absolute atomic E-state index is 0.275. The Bertz CT molecular complexity index is 940. The molecule has 1 aromatic rings. The molecule has 1 aromatic carbocycles. The summed E-state index contributed by atoms with van der Waals surface area (Å²) in [5.74, 6) is -1.07. The summed E-state index contributed by atoms with van der Waals surface area (Å²) >= 11 is 0. The normalized spacial score (nSPS) is 21.9. The van der Waals surface area contributed by atoms with Gasteiger partial charge in [0.1, 0.15) is 17.9 Å². The summed E-state index contributed by atoms with van der Waals surface area (Å²) in [6, 6.07) is 3.78. The Morgan fingerprint density at radius 2 is 1.79 bits per heavy atom. The molecule has 8 nitrogen and oxygen atoms in total. The molecular formula is C25H36FN5O3. The molecule has 0 radical (unpaired) electrons. The van der Waals surface area contributed by atoms with Crippen LogP contribution >= 0.6 is 0 Å². The summed E-state index contributed by atoms with van der Waals surface area (Å²) < 4.78 is 14.2. The molecule has 34 heavy (non-hydrogen) atoms. The maximum atomic E-state index is 14.2. The van der Waals surface area contributed by atoms with Gasteiger partial charge in [-0.3, -0.25) is 14.5 Å². The van der Waals surface area contributed by atoms with E-state index < -0.39 is 23.5 Å². The Balaban J connectivity index is 1.45. The van der Waals surface area contributed by atoms with E-state index in [2.05, 4.69) is 22.0 Å². The Kier molecular flexibility index (Phi) is 7.12. The first-order valence-electron chi connectivity index (χ1n) is 12.4. The van der Waals surface area contributed by atoms with Crippen LogP contribution in [0.15, 0.2) is 18.2 Å². The molecule has 1 saturated carbocycles. The summed E-state index contributed by atoms with van der Waals surface area (Å²) in [4.78, 5) is 46.1. The number of likely N-dealkylation sites (N-methyl/N-ethyl adjacent to an activating group) is 2. The molecule has 1 aliphatic carbocycles. The highest BCUT2D eigenvalue weighted by Gasteiger charge is 2.55. The Morgan fingerprint density at radius 3 is 2.44 bits per heavy atom. The van der Waals surface area contributed by atoms with Crippen molar-refractivity contribution >= 4 is 23.5 Å². The van der Waals surface area contributed by atoms with E-state index in [1.807, 2.05) is 0 Å². The first kappa shape index (κ1) is 24.4. The third kappa shape index (κ3) is 4.50. The van der Waals surface area contributed by atoms with Crippen molar-refractivity contribution in [3.8, 4) is 0 Å². The number of nitrogens with one attached hydrogen (secondary N) is 1. The van der Waals surface area contributed by atoms with E-state index in [4.69, 9.17) is 0 Å². The minimum Gasteiger partial charge on any atom is -0.369 e. The van der Waals surface area contributed by atoms with Gasteiger partial charge in [0.05, 0.1) is 6.04 Å². The third-order valence-electron chi connectivity index (χ3n) is 7.78. The lowest BCUT2D eigenvalue weighted by atomic mass is 9.81. The number of halogens is 1. The first-order chi connectivity index (χ1) is 16.3. The van der Waals surface area contributed by atoms with Crippen molar-refractivity contribution in [1.29, 1.82) is 0 Å². The van der Waals surface area contributed by atoms with Crippen molar-refractivity contribution in [1.82, 2.24) is 20.0 Å². The number of rotatable bonds is 6. The zero-order chi connectivity index (χ0) is 24.5. The monoisotopic (exact) mass is 473 g/mol. The molecule has 4 amide bonds. The number of piperazine rings is 1. The van der Waals surface area contributed by atoms with Crippen LogP contribution in [0.1, 0.15) is 57.6 Å². The smallest absolute Gasteiger partial charge is 0.327 e. The van der Waals surface area contributed by atoms with E-state index in [0.717, 1.165) is 62.6 Å². The van der Waals surface area contributed by atoms with Crippen molar-refractivity contribution in [3.63, 3.8) is 0 Å². The van der Waals surface area contributed by atoms with E-state index in [-0.39, 0.29) is 18.3 Å². The van der Waals surface area contributed by atoms with Gasteiger partial charge in [-0.1, -0.05) is 26.2 Å². The van der Waals surface area contributed by atoms with Gasteiger partial charge in [0, 0.05) is 44.5 Å². The molecule has 4 rings (SSSR count). The van der Waals surface area contributed by atoms with Crippen molar-refractivity contribution in [2.75, 3.05) is 51.2 Å². The fourth-order valence-electron chi connectivity index (χ4n) is 5.64. The molecule has 3 aliphatic rings. The molecule has 2 heterocycles. The van der Waals surface area contributed by atoms with Crippen LogP contribution in [-0.4, -0.2) is 84.4 Å². The quantitative estimate of drug-likeness (QED) is 0.643. The highest BCUT2D eigenvalue weighted by molar-refractivity contribution is 6.09. The molecular weight excluding hydrogens is 437 g/mol. The number of hydrogen-bond donors (Lipinski definition) is 1. The highest BCUT2D eigenvalue weighted by atomic mass is 19.1. The van der Waals surface area contributed by atoms with Gasteiger partial charge in [0.25, 0.3) is 5.91 Å². The van der Waals surface area contributed by atoms with Crippen molar-refractivity contribution in [3.05, 3.63) is 29.6 Å². The molecule has 9 heteroatoms. The molecule has 2 saturated heterocycles. The lowest BCUT2D eigenvalue weighted by Gasteiger charge is -2.37. The number of hydrogen-bond acceptors (Lipinski definition) is 5. The van der Waals surface area contributed by atoms with E-state index >= 15 is 0 Å². The maximum Gasteiger partial charge on any atom is 0.327 e. The Hall–Kier alpha value is -2.68. The molecule has 3 fully saturated rings. The van der Waals surface area contributed by atoms with Gasteiger partial charge in [0.2, 0.25) is 5.91 Å². The lowest BCUT2D eigenvalue weighted by Crippen LogP contribution is -2.49. The fourth-order valence-corrected chi connectivity index (χ4v) is 5.64. The van der Waals surface area contributed by atoms with E-state index in [1.54, 1.807) is 20.0 Å². The van der Waals surface area contributed by atoms with Gasteiger partial charge in [-0.2, -0.15) is 0 Å². The largest absolute Gasteiger partial charge is 0.369 e. The highest BCUT2D eigenvalue weighted by Crippen LogP contribution is 2.39. The van der Waals surface area contributed by atoms with Gasteiger partial charge in [-0.15, -0.1) is 0 Å². The predicted molar refractivity (Wildman–Crippen MR) is 128 cm³/mol. The minimum atomic E-state index is -0.808. The second-order valence-electron chi connectivity index (χ2n) is 9.74. The van der Waals surface area contributed by atoms with Crippen molar-refractivity contribution < 1.29 is 18.8 Å². The van der Waals surface area contributed by atoms with Crippen LogP contribution < -0.4 is 10.2 Å². The summed E-state index contributed by atoms with van der Waals surface area (Å²) in [5.41, 5.74) is 0.787. The molecule has 1 atom stereocenters. The predicted octanol–water partition coefficient (Wildman–Crippen LogP) is 2.74. The zero-order valence-corrected chi connectivity index (χ0v) is 20.5. The van der Waals surface area contributed by atoms with Crippen LogP contribution in [0.2, 0.25) is 0 Å². The number of benzene rings is 1. The van der Waals surface area contributed by atoms with E-state index in [0.29, 0.717) is 18.4 Å². The van der Waals surface area contributed by atoms with Crippen molar-refractivity contribution in [2.45, 2.75) is 57.5 Å². The Labute approximate surface area is 201 Å². The van der Waals surface area contributed by atoms with Crippen LogP contribution in [0.3, 0.4) is 0 Å². The number of carbonyl (C=O) groups is 3. The second kappa shape index (κ2) is 9.90. The number of urea groups is 1. The molecule has 186 valence electrons. The number of amides is 4. The van der Waals surface area contributed by atoms with Gasteiger partial charge in [0.15, 0.2) is 0 Å². The number of anilines is 1. The van der Waals surface area contributed by atoms with Crippen LogP contribution in [0.5, 0.6) is 0 Å². The first-order valence-corrected chi connectivity index (χ1v) is 12.4. The van der Waals surface area contributed by atoms with Crippen LogP contribution in [0.25, 0.3) is 0 Å². The van der Waals surface area contributed by atoms with Gasteiger partial charge < -0.3 is 20.0 Å². The van der Waals surface area contributed by atoms with Gasteiger partial charge >= 0.3 is 6.03 Å².